The van der Waals surface area contributed by atoms with Crippen LogP contribution in [-0.4, -0.2) is 5.91 Å². The van der Waals surface area contributed by atoms with E-state index in [1.165, 1.54) is 6.08 Å². The van der Waals surface area contributed by atoms with Crippen LogP contribution in [0.4, 0.5) is 0 Å². The normalized spacial score (nSPS) is 12.1. The van der Waals surface area contributed by atoms with Crippen molar-refractivity contribution in [2.45, 2.75) is 6.92 Å². The molecule has 0 saturated carbocycles. The van der Waals surface area contributed by atoms with Crippen LogP contribution in [0.3, 0.4) is 0 Å². The fourth-order valence-electron chi connectivity index (χ4n) is 0.712. The third-order valence-corrected chi connectivity index (χ3v) is 1.34. The Bertz CT molecular complexity index is 275. The van der Waals surface area contributed by atoms with E-state index >= 15 is 0 Å². The first kappa shape index (κ1) is 11.2. The number of allylic oxidation sites excluding steroid dienone is 3. The van der Waals surface area contributed by atoms with Crippen molar-refractivity contribution in [3.8, 4) is 0 Å². The molecule has 0 aliphatic heterocycles. The number of amides is 1. The summed E-state index contributed by atoms with van der Waals surface area (Å²) in [6.45, 7) is 8.61. The molecule has 0 heterocycles. The summed E-state index contributed by atoms with van der Waals surface area (Å²) in [5, 5.41) is 2.56. The van der Waals surface area contributed by atoms with Gasteiger partial charge in [0.2, 0.25) is 5.91 Å². The molecule has 0 saturated heterocycles. The van der Waals surface area contributed by atoms with E-state index < -0.39 is 0 Å². The first-order valence-electron chi connectivity index (χ1n) is 3.84. The zero-order valence-electron chi connectivity index (χ0n) is 7.71. The van der Waals surface area contributed by atoms with Crippen LogP contribution < -0.4 is 11.1 Å². The van der Waals surface area contributed by atoms with Gasteiger partial charge in [0, 0.05) is 0 Å². The van der Waals surface area contributed by atoms with Crippen LogP contribution in [0.1, 0.15) is 6.92 Å². The molecule has 13 heavy (non-hydrogen) atoms. The van der Waals surface area contributed by atoms with E-state index in [4.69, 9.17) is 5.73 Å². The molecule has 0 fully saturated rings. The van der Waals surface area contributed by atoms with Crippen molar-refractivity contribution in [2.24, 2.45) is 5.73 Å². The Kier molecular flexibility index (Phi) is 5.03. The van der Waals surface area contributed by atoms with Crippen molar-refractivity contribution < 1.29 is 4.79 Å². The number of nitrogens with two attached hydrogens (primary N) is 1. The Morgan fingerprint density at radius 1 is 1.46 bits per heavy atom. The average Bonchev–Trinajstić information content (AvgIpc) is 2.14. The summed E-state index contributed by atoms with van der Waals surface area (Å²) in [5.74, 6) is -0.284. The van der Waals surface area contributed by atoms with Gasteiger partial charge in [0.15, 0.2) is 0 Å². The minimum Gasteiger partial charge on any atom is -0.397 e. The van der Waals surface area contributed by atoms with Gasteiger partial charge in [-0.1, -0.05) is 25.3 Å². The van der Waals surface area contributed by atoms with E-state index in [2.05, 4.69) is 18.5 Å². The second kappa shape index (κ2) is 5.83. The van der Waals surface area contributed by atoms with E-state index in [1.807, 2.05) is 0 Å². The van der Waals surface area contributed by atoms with Gasteiger partial charge in [0.1, 0.15) is 0 Å². The fraction of sp³-hybridized carbons (Fsp3) is 0.100. The van der Waals surface area contributed by atoms with Gasteiger partial charge in [-0.05, 0) is 19.1 Å². The van der Waals surface area contributed by atoms with Crippen molar-refractivity contribution in [3.05, 3.63) is 48.9 Å². The number of hydrogen-bond donors (Lipinski definition) is 2. The van der Waals surface area contributed by atoms with Crippen molar-refractivity contribution in [2.75, 3.05) is 0 Å². The molecule has 0 rings (SSSR count). The summed E-state index contributed by atoms with van der Waals surface area (Å²) in [6, 6.07) is 0. The number of hydrogen-bond acceptors (Lipinski definition) is 2. The highest BCUT2D eigenvalue weighted by Gasteiger charge is 2.00. The van der Waals surface area contributed by atoms with Gasteiger partial charge in [-0.15, -0.1) is 0 Å². The topological polar surface area (TPSA) is 55.1 Å². The Morgan fingerprint density at radius 3 is 2.46 bits per heavy atom. The molecule has 0 aliphatic rings. The Balaban J connectivity index is 4.54. The molecule has 0 bridgehead atoms. The molecule has 0 aliphatic carbocycles. The lowest BCUT2D eigenvalue weighted by Crippen LogP contribution is -2.23. The molecule has 0 atom stereocenters. The summed E-state index contributed by atoms with van der Waals surface area (Å²) >= 11 is 0. The van der Waals surface area contributed by atoms with E-state index in [9.17, 15) is 4.79 Å². The number of nitrogens with one attached hydrogen (secondary N) is 1. The van der Waals surface area contributed by atoms with Crippen molar-refractivity contribution in [1.82, 2.24) is 5.32 Å². The Morgan fingerprint density at radius 2 is 2.08 bits per heavy atom. The van der Waals surface area contributed by atoms with Crippen LogP contribution in [0, 0.1) is 0 Å². The molecule has 70 valence electrons. The molecule has 0 unspecified atom stereocenters. The first-order valence-corrected chi connectivity index (χ1v) is 3.84. The average molecular weight is 178 g/mol. The summed E-state index contributed by atoms with van der Waals surface area (Å²) in [5.41, 5.74) is 6.64. The number of carbonyl (C=O) groups is 1. The molecule has 3 N–H and O–H groups in total. The highest BCUT2D eigenvalue weighted by atomic mass is 16.1. The molecule has 3 heteroatoms. The minimum absolute atomic E-state index is 0.284. The van der Waals surface area contributed by atoms with Gasteiger partial charge < -0.3 is 11.1 Å². The molecule has 1 amide bonds. The van der Waals surface area contributed by atoms with Gasteiger partial charge in [0.25, 0.3) is 0 Å². The number of rotatable bonds is 4. The van der Waals surface area contributed by atoms with Crippen LogP contribution in [-0.2, 0) is 4.79 Å². The smallest absolute Gasteiger partial charge is 0.247 e. The van der Waals surface area contributed by atoms with Gasteiger partial charge >= 0.3 is 0 Å². The Labute approximate surface area is 78.3 Å². The highest BCUT2D eigenvalue weighted by Crippen LogP contribution is 1.99. The van der Waals surface area contributed by atoms with Crippen molar-refractivity contribution >= 4 is 5.91 Å². The predicted octanol–water partition coefficient (Wildman–Crippen LogP) is 1.22. The molecular weight excluding hydrogens is 164 g/mol. The quantitative estimate of drug-likeness (QED) is 0.502. The minimum atomic E-state index is -0.284. The number of carbonyl (C=O) groups excluding carboxylic acids is 1. The van der Waals surface area contributed by atoms with Crippen LogP contribution in [0.25, 0.3) is 0 Å². The lowest BCUT2D eigenvalue weighted by Gasteiger charge is -2.06. The second-order valence-corrected chi connectivity index (χ2v) is 2.25. The first-order chi connectivity index (χ1) is 6.15. The molecule has 0 aromatic carbocycles. The van der Waals surface area contributed by atoms with E-state index in [0.717, 1.165) is 0 Å². The lowest BCUT2D eigenvalue weighted by atomic mass is 10.3. The van der Waals surface area contributed by atoms with E-state index in [1.54, 1.807) is 25.2 Å². The van der Waals surface area contributed by atoms with Crippen LogP contribution in [0.2, 0.25) is 0 Å². The van der Waals surface area contributed by atoms with Crippen molar-refractivity contribution in [3.63, 3.8) is 0 Å². The standard InChI is InChI=1S/C10H14N2O/c1-4-7-8(11)9(5-2)12-10(13)6-3/h4-7H,1,3,11H2,2H3,(H,12,13)/b8-7+,9-5+. The molecule has 0 radical (unpaired) electrons. The van der Waals surface area contributed by atoms with E-state index in [0.29, 0.717) is 11.4 Å². The van der Waals surface area contributed by atoms with Crippen LogP contribution >= 0.6 is 0 Å². The SMILES string of the molecule is C=C/C=C(N)\C(=C/C)NC(=O)C=C. The lowest BCUT2D eigenvalue weighted by molar-refractivity contribution is -0.115. The molecule has 0 aromatic rings. The molecular formula is C10H14N2O. The summed E-state index contributed by atoms with van der Waals surface area (Å²) in [7, 11) is 0. The summed E-state index contributed by atoms with van der Waals surface area (Å²) in [4.78, 5) is 10.9. The van der Waals surface area contributed by atoms with E-state index in [-0.39, 0.29) is 5.91 Å². The van der Waals surface area contributed by atoms with Gasteiger partial charge in [-0.3, -0.25) is 4.79 Å². The van der Waals surface area contributed by atoms with Crippen LogP contribution in [0.15, 0.2) is 48.9 Å². The zero-order chi connectivity index (χ0) is 10.3. The molecule has 0 spiro atoms. The zero-order valence-corrected chi connectivity index (χ0v) is 7.71. The Hall–Kier alpha value is -1.77. The van der Waals surface area contributed by atoms with Gasteiger partial charge in [0.05, 0.1) is 11.4 Å². The second-order valence-electron chi connectivity index (χ2n) is 2.25. The van der Waals surface area contributed by atoms with Crippen LogP contribution in [0.5, 0.6) is 0 Å². The fourth-order valence-corrected chi connectivity index (χ4v) is 0.712. The van der Waals surface area contributed by atoms with Gasteiger partial charge in [-0.2, -0.15) is 0 Å². The highest BCUT2D eigenvalue weighted by molar-refractivity contribution is 5.88. The maximum absolute atomic E-state index is 10.9. The molecule has 0 aromatic heterocycles. The monoisotopic (exact) mass is 178 g/mol. The predicted molar refractivity (Wildman–Crippen MR) is 54.6 cm³/mol. The summed E-state index contributed by atoms with van der Waals surface area (Å²) < 4.78 is 0. The molecule has 3 nitrogen and oxygen atoms in total. The maximum Gasteiger partial charge on any atom is 0.247 e. The third-order valence-electron chi connectivity index (χ3n) is 1.34. The van der Waals surface area contributed by atoms with Crippen molar-refractivity contribution in [1.29, 1.82) is 0 Å². The third kappa shape index (κ3) is 3.96. The largest absolute Gasteiger partial charge is 0.397 e. The maximum atomic E-state index is 10.9. The summed E-state index contributed by atoms with van der Waals surface area (Å²) in [6.07, 6.45) is 6.05. The van der Waals surface area contributed by atoms with Gasteiger partial charge in [-0.25, -0.2) is 0 Å².